The second-order valence-corrected chi connectivity index (χ2v) is 4.63. The zero-order valence-electron chi connectivity index (χ0n) is 11.6. The van der Waals surface area contributed by atoms with E-state index >= 15 is 0 Å². The van der Waals surface area contributed by atoms with Gasteiger partial charge in [-0.15, -0.1) is 0 Å². The molecule has 0 spiro atoms. The Morgan fingerprint density at radius 3 is 2.75 bits per heavy atom. The Balaban J connectivity index is 2.19. The molecule has 0 atom stereocenters. The molecule has 0 fully saturated rings. The molecule has 5 nitrogen and oxygen atoms in total. The molecule has 0 unspecified atom stereocenters. The summed E-state index contributed by atoms with van der Waals surface area (Å²) in [7, 11) is 1.77. The number of aryl methyl sites for hydroxylation is 1. The van der Waals surface area contributed by atoms with Crippen LogP contribution in [0.5, 0.6) is 0 Å². The molecule has 0 aliphatic rings. The molecule has 0 aliphatic heterocycles. The van der Waals surface area contributed by atoms with Gasteiger partial charge in [-0.25, -0.2) is 10.8 Å². The summed E-state index contributed by atoms with van der Waals surface area (Å²) in [5.74, 6) is 5.65. The average molecular weight is 270 g/mol. The van der Waals surface area contributed by atoms with E-state index in [0.717, 1.165) is 11.1 Å². The van der Waals surface area contributed by atoms with E-state index in [0.29, 0.717) is 17.9 Å². The van der Waals surface area contributed by atoms with Gasteiger partial charge in [-0.2, -0.15) is 0 Å². The van der Waals surface area contributed by atoms with E-state index in [1.54, 1.807) is 30.3 Å². The van der Waals surface area contributed by atoms with Gasteiger partial charge in [-0.05, 0) is 30.2 Å². The largest absolute Gasteiger partial charge is 0.337 e. The van der Waals surface area contributed by atoms with Gasteiger partial charge in [0.25, 0.3) is 5.91 Å². The number of nitrogens with two attached hydrogens (primary N) is 1. The van der Waals surface area contributed by atoms with Crippen LogP contribution in [-0.2, 0) is 6.54 Å². The maximum atomic E-state index is 12.4. The maximum Gasteiger partial charge on any atom is 0.257 e. The van der Waals surface area contributed by atoms with Crippen molar-refractivity contribution in [1.82, 2.24) is 9.88 Å². The number of carbonyl (C=O) groups is 1. The molecule has 5 heteroatoms. The minimum atomic E-state index is -0.116. The number of pyridine rings is 1. The topological polar surface area (TPSA) is 71.2 Å². The van der Waals surface area contributed by atoms with Crippen LogP contribution < -0.4 is 11.3 Å². The van der Waals surface area contributed by atoms with Gasteiger partial charge in [0.05, 0.1) is 5.56 Å². The van der Waals surface area contributed by atoms with Gasteiger partial charge < -0.3 is 10.3 Å². The minimum Gasteiger partial charge on any atom is -0.337 e. The third-order valence-electron chi connectivity index (χ3n) is 3.19. The minimum absolute atomic E-state index is 0.116. The molecule has 1 amide bonds. The number of anilines is 1. The monoisotopic (exact) mass is 270 g/mol. The Labute approximate surface area is 118 Å². The van der Waals surface area contributed by atoms with Crippen LogP contribution in [0, 0.1) is 6.92 Å². The number of hydrazine groups is 1. The Morgan fingerprint density at radius 1 is 1.30 bits per heavy atom. The van der Waals surface area contributed by atoms with Crippen LogP contribution in [0.15, 0.2) is 42.6 Å². The molecule has 2 aromatic rings. The summed E-state index contributed by atoms with van der Waals surface area (Å²) in [4.78, 5) is 18.1. The Hall–Kier alpha value is -2.40. The van der Waals surface area contributed by atoms with Crippen LogP contribution in [0.4, 0.5) is 5.82 Å². The Morgan fingerprint density at radius 2 is 2.05 bits per heavy atom. The first kappa shape index (κ1) is 14.0. The normalized spacial score (nSPS) is 10.2. The van der Waals surface area contributed by atoms with Crippen LogP contribution in [0.2, 0.25) is 0 Å². The number of carbonyl (C=O) groups excluding carboxylic acids is 1. The summed E-state index contributed by atoms with van der Waals surface area (Å²) in [5, 5.41) is 0. The lowest BCUT2D eigenvalue weighted by Crippen LogP contribution is -2.28. The molecule has 20 heavy (non-hydrogen) atoms. The van der Waals surface area contributed by atoms with Crippen molar-refractivity contribution >= 4 is 11.7 Å². The predicted octanol–water partition coefficient (Wildman–Crippen LogP) is 1.95. The van der Waals surface area contributed by atoms with Crippen LogP contribution >= 0.6 is 0 Å². The van der Waals surface area contributed by atoms with Gasteiger partial charge in [0.15, 0.2) is 5.82 Å². The van der Waals surface area contributed by atoms with Crippen LogP contribution in [0.25, 0.3) is 0 Å². The van der Waals surface area contributed by atoms with Crippen molar-refractivity contribution in [3.63, 3.8) is 0 Å². The second-order valence-electron chi connectivity index (χ2n) is 4.63. The highest BCUT2D eigenvalue weighted by atomic mass is 16.2. The van der Waals surface area contributed by atoms with E-state index in [1.807, 2.05) is 31.2 Å². The molecule has 0 saturated heterocycles. The van der Waals surface area contributed by atoms with E-state index < -0.39 is 0 Å². The average Bonchev–Trinajstić information content (AvgIpc) is 2.48. The summed E-state index contributed by atoms with van der Waals surface area (Å²) in [6.07, 6.45) is 1.59. The van der Waals surface area contributed by atoms with Gasteiger partial charge in [0, 0.05) is 19.8 Å². The third-order valence-corrected chi connectivity index (χ3v) is 3.19. The van der Waals surface area contributed by atoms with Gasteiger partial charge in [0.1, 0.15) is 0 Å². The second kappa shape index (κ2) is 6.16. The molecule has 0 radical (unpaired) electrons. The highest BCUT2D eigenvalue weighted by Gasteiger charge is 2.16. The summed E-state index contributed by atoms with van der Waals surface area (Å²) >= 11 is 0. The number of aromatic nitrogens is 1. The van der Waals surface area contributed by atoms with E-state index in [2.05, 4.69) is 10.4 Å². The molecule has 3 N–H and O–H groups in total. The van der Waals surface area contributed by atoms with E-state index in [9.17, 15) is 4.79 Å². The fourth-order valence-electron chi connectivity index (χ4n) is 2.01. The zero-order chi connectivity index (χ0) is 14.5. The number of nitrogen functional groups attached to an aromatic ring is 1. The molecular formula is C15H18N4O. The van der Waals surface area contributed by atoms with Crippen molar-refractivity contribution in [2.45, 2.75) is 13.5 Å². The van der Waals surface area contributed by atoms with Crippen molar-refractivity contribution in [1.29, 1.82) is 0 Å². The number of rotatable bonds is 4. The summed E-state index contributed by atoms with van der Waals surface area (Å²) in [6.45, 7) is 2.58. The molecule has 0 saturated carbocycles. The van der Waals surface area contributed by atoms with Crippen molar-refractivity contribution < 1.29 is 4.79 Å². The number of nitrogens with one attached hydrogen (secondary N) is 1. The van der Waals surface area contributed by atoms with Crippen molar-refractivity contribution in [2.24, 2.45) is 5.84 Å². The maximum absolute atomic E-state index is 12.4. The lowest BCUT2D eigenvalue weighted by molar-refractivity contribution is 0.0785. The van der Waals surface area contributed by atoms with Gasteiger partial charge in [0.2, 0.25) is 0 Å². The predicted molar refractivity (Wildman–Crippen MR) is 79.0 cm³/mol. The summed E-state index contributed by atoms with van der Waals surface area (Å²) in [5.41, 5.74) is 5.19. The third kappa shape index (κ3) is 2.95. The molecule has 0 aliphatic carbocycles. The standard InChI is InChI=1S/C15H18N4O/c1-11-6-3-4-7-12(11)10-19(2)15(20)13-8-5-9-17-14(13)18-16/h3-9H,10,16H2,1-2H3,(H,17,18). The van der Waals surface area contributed by atoms with E-state index in [1.165, 1.54) is 0 Å². The Kier molecular flexibility index (Phi) is 4.32. The van der Waals surface area contributed by atoms with Crippen LogP contribution in [0.3, 0.4) is 0 Å². The van der Waals surface area contributed by atoms with Crippen molar-refractivity contribution in [3.05, 3.63) is 59.3 Å². The molecule has 1 heterocycles. The molecule has 0 bridgehead atoms. The molecular weight excluding hydrogens is 252 g/mol. The number of hydrogen-bond donors (Lipinski definition) is 2. The number of nitrogens with zero attached hydrogens (tertiary/aromatic N) is 2. The molecule has 1 aromatic carbocycles. The first-order valence-electron chi connectivity index (χ1n) is 6.35. The van der Waals surface area contributed by atoms with Gasteiger partial charge in [-0.1, -0.05) is 24.3 Å². The van der Waals surface area contributed by atoms with Gasteiger partial charge >= 0.3 is 0 Å². The fraction of sp³-hybridized carbons (Fsp3) is 0.200. The summed E-state index contributed by atoms with van der Waals surface area (Å²) < 4.78 is 0. The lowest BCUT2D eigenvalue weighted by atomic mass is 10.1. The highest BCUT2D eigenvalue weighted by molar-refractivity contribution is 5.98. The Bertz CT molecular complexity index is 612. The SMILES string of the molecule is Cc1ccccc1CN(C)C(=O)c1cccnc1NN. The quantitative estimate of drug-likeness (QED) is 0.658. The van der Waals surface area contributed by atoms with Crippen LogP contribution in [0.1, 0.15) is 21.5 Å². The summed E-state index contributed by atoms with van der Waals surface area (Å²) in [6, 6.07) is 11.4. The lowest BCUT2D eigenvalue weighted by Gasteiger charge is -2.19. The van der Waals surface area contributed by atoms with Crippen LogP contribution in [-0.4, -0.2) is 22.8 Å². The van der Waals surface area contributed by atoms with Gasteiger partial charge in [-0.3, -0.25) is 4.79 Å². The zero-order valence-corrected chi connectivity index (χ0v) is 11.6. The number of hydrogen-bond acceptors (Lipinski definition) is 4. The molecule has 104 valence electrons. The van der Waals surface area contributed by atoms with Crippen molar-refractivity contribution in [3.8, 4) is 0 Å². The fourth-order valence-corrected chi connectivity index (χ4v) is 2.01. The highest BCUT2D eigenvalue weighted by Crippen LogP contribution is 2.15. The first-order chi connectivity index (χ1) is 9.63. The van der Waals surface area contributed by atoms with Crippen molar-refractivity contribution in [2.75, 3.05) is 12.5 Å². The van der Waals surface area contributed by atoms with E-state index in [-0.39, 0.29) is 5.91 Å². The van der Waals surface area contributed by atoms with E-state index in [4.69, 9.17) is 5.84 Å². The smallest absolute Gasteiger partial charge is 0.257 e. The molecule has 2 rings (SSSR count). The first-order valence-corrected chi connectivity index (χ1v) is 6.35. The number of benzene rings is 1. The number of amides is 1. The molecule has 1 aromatic heterocycles.